The Morgan fingerprint density at radius 2 is 1.69 bits per heavy atom. The maximum absolute atomic E-state index is 13.3. The molecule has 0 fully saturated rings. The van der Waals surface area contributed by atoms with Crippen LogP contribution in [0.5, 0.6) is 5.75 Å². The molecule has 0 radical (unpaired) electrons. The van der Waals surface area contributed by atoms with Crippen LogP contribution in [0.25, 0.3) is 10.8 Å². The van der Waals surface area contributed by atoms with Gasteiger partial charge < -0.3 is 9.47 Å². The minimum Gasteiger partial charge on any atom is -0.488 e. The van der Waals surface area contributed by atoms with Crippen molar-refractivity contribution in [2.75, 3.05) is 24.3 Å². The number of hydrogen-bond acceptors (Lipinski definition) is 6. The molecule has 1 heterocycles. The SMILES string of the molecule is CC(C)(C)OC(=O)N1CCC[C@@H](COS(C)(=O)=O)c2c1cc(OCc1ccccc1)c1ccccc21. The number of fused-ring (bicyclic) bond motifs is 3. The largest absolute Gasteiger partial charge is 0.488 e. The topological polar surface area (TPSA) is 82.1 Å². The van der Waals surface area contributed by atoms with Gasteiger partial charge >= 0.3 is 6.09 Å². The first kappa shape index (κ1) is 26.0. The van der Waals surface area contributed by atoms with Crippen molar-refractivity contribution in [3.8, 4) is 5.75 Å². The minimum atomic E-state index is -3.62. The third kappa shape index (κ3) is 6.36. The smallest absolute Gasteiger partial charge is 0.414 e. The summed E-state index contributed by atoms with van der Waals surface area (Å²) in [5, 5.41) is 1.79. The molecule has 192 valence electrons. The molecule has 0 spiro atoms. The summed E-state index contributed by atoms with van der Waals surface area (Å²) in [7, 11) is -3.62. The maximum atomic E-state index is 13.3. The van der Waals surface area contributed by atoms with E-state index in [0.717, 1.165) is 28.2 Å². The summed E-state index contributed by atoms with van der Waals surface area (Å²) in [4.78, 5) is 15.0. The molecule has 0 bridgehead atoms. The Bertz CT molecular complexity index is 1330. The van der Waals surface area contributed by atoms with Gasteiger partial charge in [0.25, 0.3) is 10.1 Å². The number of carbonyl (C=O) groups excluding carboxylic acids is 1. The van der Waals surface area contributed by atoms with Crippen LogP contribution in [0.3, 0.4) is 0 Å². The number of rotatable bonds is 6. The molecule has 0 saturated carbocycles. The van der Waals surface area contributed by atoms with Gasteiger partial charge in [-0.2, -0.15) is 8.42 Å². The number of anilines is 1. The third-order valence-electron chi connectivity index (χ3n) is 5.99. The van der Waals surface area contributed by atoms with Crippen LogP contribution in [0.15, 0.2) is 60.7 Å². The molecule has 0 aromatic heterocycles. The second kappa shape index (κ2) is 10.5. The van der Waals surface area contributed by atoms with E-state index in [9.17, 15) is 13.2 Å². The molecular weight excluding hydrogens is 478 g/mol. The zero-order chi connectivity index (χ0) is 25.9. The minimum absolute atomic E-state index is 0.00219. The maximum Gasteiger partial charge on any atom is 0.414 e. The van der Waals surface area contributed by atoms with E-state index in [2.05, 4.69) is 0 Å². The summed E-state index contributed by atoms with van der Waals surface area (Å²) in [5.74, 6) is 0.418. The Morgan fingerprint density at radius 3 is 2.36 bits per heavy atom. The summed E-state index contributed by atoms with van der Waals surface area (Å²) in [6.07, 6.45) is 1.93. The van der Waals surface area contributed by atoms with Crippen molar-refractivity contribution in [2.24, 2.45) is 0 Å². The molecule has 3 aromatic carbocycles. The van der Waals surface area contributed by atoms with Gasteiger partial charge in [0.2, 0.25) is 0 Å². The van der Waals surface area contributed by atoms with Crippen LogP contribution in [0.2, 0.25) is 0 Å². The molecule has 1 aliphatic heterocycles. The highest BCUT2D eigenvalue weighted by molar-refractivity contribution is 7.85. The van der Waals surface area contributed by atoms with Crippen molar-refractivity contribution in [3.05, 3.63) is 71.8 Å². The van der Waals surface area contributed by atoms with Gasteiger partial charge in [-0.15, -0.1) is 0 Å². The van der Waals surface area contributed by atoms with Crippen molar-refractivity contribution in [1.82, 2.24) is 0 Å². The van der Waals surface area contributed by atoms with Crippen LogP contribution in [0.4, 0.5) is 10.5 Å². The number of amides is 1. The lowest BCUT2D eigenvalue weighted by atomic mass is 9.89. The Morgan fingerprint density at radius 1 is 1.03 bits per heavy atom. The lowest BCUT2D eigenvalue weighted by Crippen LogP contribution is -2.37. The number of carbonyl (C=O) groups is 1. The first-order chi connectivity index (χ1) is 17.0. The molecule has 1 amide bonds. The predicted octanol–water partition coefficient (Wildman–Crippen LogP) is 6.01. The first-order valence-electron chi connectivity index (χ1n) is 12.1. The molecule has 7 nitrogen and oxygen atoms in total. The van der Waals surface area contributed by atoms with E-state index < -0.39 is 21.8 Å². The van der Waals surface area contributed by atoms with Gasteiger partial charge in [0.1, 0.15) is 18.0 Å². The van der Waals surface area contributed by atoms with Gasteiger partial charge in [-0.1, -0.05) is 54.6 Å². The van der Waals surface area contributed by atoms with Crippen LogP contribution in [-0.2, 0) is 25.6 Å². The number of ether oxygens (including phenoxy) is 2. The van der Waals surface area contributed by atoms with Gasteiger partial charge in [0.15, 0.2) is 0 Å². The fourth-order valence-electron chi connectivity index (χ4n) is 4.50. The van der Waals surface area contributed by atoms with Crippen LogP contribution in [0, 0.1) is 0 Å². The van der Waals surface area contributed by atoms with E-state index in [-0.39, 0.29) is 12.5 Å². The second-order valence-corrected chi connectivity index (χ2v) is 11.7. The highest BCUT2D eigenvalue weighted by Crippen LogP contribution is 2.44. The molecule has 8 heteroatoms. The van der Waals surface area contributed by atoms with Crippen molar-refractivity contribution in [3.63, 3.8) is 0 Å². The van der Waals surface area contributed by atoms with Crippen LogP contribution in [0.1, 0.15) is 50.7 Å². The standard InChI is InChI=1S/C28H33NO6S/c1-28(2,3)35-27(30)29-16-10-13-21(19-34-36(4,31)32)26-23-15-9-8-14-22(23)25(17-24(26)29)33-18-20-11-6-5-7-12-20/h5-9,11-12,14-15,17,21H,10,13,16,18-19H2,1-4H3/t21-/m0/s1. The van der Waals surface area contributed by atoms with E-state index >= 15 is 0 Å². The summed E-state index contributed by atoms with van der Waals surface area (Å²) < 4.78 is 40.9. The summed E-state index contributed by atoms with van der Waals surface area (Å²) in [6.45, 7) is 6.32. The first-order valence-corrected chi connectivity index (χ1v) is 13.9. The van der Waals surface area contributed by atoms with E-state index in [4.69, 9.17) is 13.7 Å². The molecule has 0 unspecified atom stereocenters. The molecule has 0 aliphatic carbocycles. The molecule has 0 N–H and O–H groups in total. The van der Waals surface area contributed by atoms with Crippen molar-refractivity contribution in [1.29, 1.82) is 0 Å². The molecule has 3 aromatic rings. The molecule has 0 saturated heterocycles. The number of hydrogen-bond donors (Lipinski definition) is 0. The van der Waals surface area contributed by atoms with E-state index in [1.165, 1.54) is 0 Å². The highest BCUT2D eigenvalue weighted by Gasteiger charge is 2.32. The fraction of sp³-hybridized carbons (Fsp3) is 0.393. The van der Waals surface area contributed by atoms with Crippen molar-refractivity contribution >= 4 is 32.7 Å². The summed E-state index contributed by atoms with van der Waals surface area (Å²) in [6, 6.07) is 19.6. The second-order valence-electron chi connectivity index (χ2n) is 10.1. The number of benzene rings is 3. The van der Waals surface area contributed by atoms with E-state index in [1.807, 2.05) is 81.4 Å². The zero-order valence-corrected chi connectivity index (χ0v) is 22.0. The molecular formula is C28H33NO6S. The van der Waals surface area contributed by atoms with Crippen molar-refractivity contribution < 1.29 is 26.9 Å². The van der Waals surface area contributed by atoms with Crippen LogP contribution in [-0.4, -0.2) is 39.5 Å². The molecule has 1 atom stereocenters. The third-order valence-corrected chi connectivity index (χ3v) is 6.56. The van der Waals surface area contributed by atoms with Gasteiger partial charge in [0.05, 0.1) is 18.6 Å². The van der Waals surface area contributed by atoms with Crippen LogP contribution < -0.4 is 9.64 Å². The highest BCUT2D eigenvalue weighted by atomic mass is 32.2. The van der Waals surface area contributed by atoms with Crippen molar-refractivity contribution in [2.45, 2.75) is 51.7 Å². The summed E-state index contributed by atoms with van der Waals surface area (Å²) >= 11 is 0. The van der Waals surface area contributed by atoms with Crippen LogP contribution >= 0.6 is 0 Å². The zero-order valence-electron chi connectivity index (χ0n) is 21.2. The summed E-state index contributed by atoms with van der Waals surface area (Å²) in [5.41, 5.74) is 1.89. The Hall–Kier alpha value is -3.10. The fourth-order valence-corrected chi connectivity index (χ4v) is 4.91. The average molecular weight is 512 g/mol. The lowest BCUT2D eigenvalue weighted by molar-refractivity contribution is 0.0580. The lowest BCUT2D eigenvalue weighted by Gasteiger charge is -2.29. The van der Waals surface area contributed by atoms with Gasteiger partial charge in [-0.25, -0.2) is 4.79 Å². The van der Waals surface area contributed by atoms with Gasteiger partial charge in [-0.3, -0.25) is 9.08 Å². The molecule has 36 heavy (non-hydrogen) atoms. The van der Waals surface area contributed by atoms with Gasteiger partial charge in [-0.05, 0) is 50.1 Å². The molecule has 1 aliphatic rings. The Labute approximate surface area is 213 Å². The normalized spacial score (nSPS) is 16.3. The Balaban J connectivity index is 1.84. The quantitative estimate of drug-likeness (QED) is 0.377. The van der Waals surface area contributed by atoms with E-state index in [1.54, 1.807) is 4.90 Å². The van der Waals surface area contributed by atoms with E-state index in [0.29, 0.717) is 37.4 Å². The molecule has 4 rings (SSSR count). The number of nitrogens with zero attached hydrogens (tertiary/aromatic N) is 1. The monoisotopic (exact) mass is 511 g/mol. The average Bonchev–Trinajstić information content (AvgIpc) is 3.00. The predicted molar refractivity (Wildman–Crippen MR) is 141 cm³/mol. The van der Waals surface area contributed by atoms with Gasteiger partial charge in [0, 0.05) is 23.9 Å². The Kier molecular flexibility index (Phi) is 7.57.